The lowest BCUT2D eigenvalue weighted by Gasteiger charge is -2.25. The Hall–Kier alpha value is -1.37. The molecule has 6 heteroatoms. The second-order valence-electron chi connectivity index (χ2n) is 5.88. The molecule has 1 aliphatic rings. The fourth-order valence-corrected chi connectivity index (χ4v) is 5.08. The predicted octanol–water partition coefficient (Wildman–Crippen LogP) is 3.59. The van der Waals surface area contributed by atoms with Gasteiger partial charge in [0.25, 0.3) is 0 Å². The van der Waals surface area contributed by atoms with E-state index in [9.17, 15) is 8.42 Å². The maximum absolute atomic E-state index is 12.6. The highest BCUT2D eigenvalue weighted by molar-refractivity contribution is 7.99. The zero-order valence-corrected chi connectivity index (χ0v) is 15.2. The third-order valence-electron chi connectivity index (χ3n) is 4.15. The Balaban J connectivity index is 1.58. The molecule has 1 saturated heterocycles. The summed E-state index contributed by atoms with van der Waals surface area (Å²) in [5.41, 5.74) is 1.30. The first kappa shape index (κ1) is 17.5. The van der Waals surface area contributed by atoms with Gasteiger partial charge in [-0.2, -0.15) is 4.31 Å². The number of piperidine rings is 1. The van der Waals surface area contributed by atoms with Gasteiger partial charge in [-0.25, -0.2) is 13.4 Å². The van der Waals surface area contributed by atoms with Crippen molar-refractivity contribution in [1.29, 1.82) is 0 Å². The van der Waals surface area contributed by atoms with Crippen molar-refractivity contribution in [3.8, 4) is 0 Å². The van der Waals surface area contributed by atoms with Crippen LogP contribution in [0.25, 0.3) is 0 Å². The van der Waals surface area contributed by atoms with Crippen molar-refractivity contribution in [3.05, 3.63) is 54.2 Å². The molecular weight excluding hydrogens is 340 g/mol. The molecular formula is C18H22N2O2S2. The van der Waals surface area contributed by atoms with Crippen LogP contribution in [0.3, 0.4) is 0 Å². The molecule has 4 nitrogen and oxygen atoms in total. The standard InChI is InChI=1S/C18H22N2O2S2/c21-24(22,20-12-5-2-6-13-20)17-9-10-18(19-15-17)23-14-11-16-7-3-1-4-8-16/h1,3-4,7-10,15H,2,5-6,11-14H2. The van der Waals surface area contributed by atoms with Crippen LogP contribution >= 0.6 is 11.8 Å². The average Bonchev–Trinajstić information content (AvgIpc) is 2.64. The molecule has 128 valence electrons. The van der Waals surface area contributed by atoms with Crippen molar-refractivity contribution >= 4 is 21.8 Å². The minimum atomic E-state index is -3.38. The Morgan fingerprint density at radius 2 is 1.75 bits per heavy atom. The first-order chi connectivity index (χ1) is 11.7. The third kappa shape index (κ3) is 4.37. The molecule has 2 heterocycles. The molecule has 0 unspecified atom stereocenters. The summed E-state index contributed by atoms with van der Waals surface area (Å²) in [7, 11) is -3.38. The van der Waals surface area contributed by atoms with Gasteiger partial charge in [0.1, 0.15) is 4.90 Å². The molecule has 2 aromatic rings. The largest absolute Gasteiger partial charge is 0.249 e. The molecule has 0 bridgehead atoms. The van der Waals surface area contributed by atoms with E-state index >= 15 is 0 Å². The van der Waals surface area contributed by atoms with Crippen LogP contribution in [0.2, 0.25) is 0 Å². The number of aryl methyl sites for hydroxylation is 1. The smallest absolute Gasteiger partial charge is 0.244 e. The average molecular weight is 363 g/mol. The maximum Gasteiger partial charge on any atom is 0.244 e. The number of pyridine rings is 1. The Bertz CT molecular complexity index is 740. The maximum atomic E-state index is 12.6. The van der Waals surface area contributed by atoms with Gasteiger partial charge >= 0.3 is 0 Å². The van der Waals surface area contributed by atoms with E-state index in [-0.39, 0.29) is 0 Å². The van der Waals surface area contributed by atoms with Gasteiger partial charge < -0.3 is 0 Å². The van der Waals surface area contributed by atoms with E-state index in [2.05, 4.69) is 17.1 Å². The highest BCUT2D eigenvalue weighted by atomic mass is 32.2. The van der Waals surface area contributed by atoms with E-state index in [0.29, 0.717) is 18.0 Å². The number of aromatic nitrogens is 1. The molecule has 3 rings (SSSR count). The number of hydrogen-bond donors (Lipinski definition) is 0. The predicted molar refractivity (Wildman–Crippen MR) is 97.7 cm³/mol. The molecule has 0 atom stereocenters. The fraction of sp³-hybridized carbons (Fsp3) is 0.389. The van der Waals surface area contributed by atoms with Crippen molar-refractivity contribution in [3.63, 3.8) is 0 Å². The quantitative estimate of drug-likeness (QED) is 0.737. The number of nitrogens with zero attached hydrogens (tertiary/aromatic N) is 2. The lowest BCUT2D eigenvalue weighted by molar-refractivity contribution is 0.346. The molecule has 0 saturated carbocycles. The molecule has 0 radical (unpaired) electrons. The molecule has 24 heavy (non-hydrogen) atoms. The number of hydrogen-bond acceptors (Lipinski definition) is 4. The summed E-state index contributed by atoms with van der Waals surface area (Å²) < 4.78 is 26.7. The molecule has 1 aromatic carbocycles. The summed E-state index contributed by atoms with van der Waals surface area (Å²) in [5, 5.41) is 0.864. The number of rotatable bonds is 6. The summed E-state index contributed by atoms with van der Waals surface area (Å²) >= 11 is 1.65. The molecule has 1 aliphatic heterocycles. The summed E-state index contributed by atoms with van der Waals surface area (Å²) in [5.74, 6) is 0.926. The number of benzene rings is 1. The molecule has 1 aromatic heterocycles. The van der Waals surface area contributed by atoms with Gasteiger partial charge in [0.2, 0.25) is 10.0 Å². The number of sulfonamides is 1. The zero-order chi connectivity index (χ0) is 16.8. The van der Waals surface area contributed by atoms with Crippen molar-refractivity contribution in [2.45, 2.75) is 35.6 Å². The van der Waals surface area contributed by atoms with E-state index in [1.165, 1.54) is 11.8 Å². The molecule has 1 fully saturated rings. The Kier molecular flexibility index (Phi) is 5.92. The van der Waals surface area contributed by atoms with Crippen LogP contribution < -0.4 is 0 Å². The van der Waals surface area contributed by atoms with Gasteiger partial charge in [0.15, 0.2) is 0 Å². The highest BCUT2D eigenvalue weighted by Crippen LogP contribution is 2.22. The molecule has 0 aliphatic carbocycles. The van der Waals surface area contributed by atoms with Crippen molar-refractivity contribution in [1.82, 2.24) is 9.29 Å². The Morgan fingerprint density at radius 3 is 2.42 bits per heavy atom. The fourth-order valence-electron chi connectivity index (χ4n) is 2.78. The molecule has 0 N–H and O–H groups in total. The molecule has 0 spiro atoms. The topological polar surface area (TPSA) is 50.3 Å². The van der Waals surface area contributed by atoms with Gasteiger partial charge in [-0.3, -0.25) is 0 Å². The van der Waals surface area contributed by atoms with Gasteiger partial charge in [-0.05, 0) is 37.0 Å². The van der Waals surface area contributed by atoms with Gasteiger partial charge in [0.05, 0.1) is 5.03 Å². The second-order valence-corrected chi connectivity index (χ2v) is 8.93. The van der Waals surface area contributed by atoms with Crippen LogP contribution in [0.5, 0.6) is 0 Å². The SMILES string of the molecule is O=S(=O)(c1ccc(SCCc2ccccc2)nc1)N1CCCCC1. The van der Waals surface area contributed by atoms with Crippen LogP contribution in [0.1, 0.15) is 24.8 Å². The summed E-state index contributed by atoms with van der Waals surface area (Å²) in [4.78, 5) is 4.63. The molecule has 0 amide bonds. The highest BCUT2D eigenvalue weighted by Gasteiger charge is 2.26. The Labute approximate surface area is 148 Å². The minimum absolute atomic E-state index is 0.303. The van der Waals surface area contributed by atoms with Gasteiger partial charge in [0, 0.05) is 25.0 Å². The van der Waals surface area contributed by atoms with E-state index in [1.807, 2.05) is 24.3 Å². The van der Waals surface area contributed by atoms with Gasteiger partial charge in [-0.15, -0.1) is 11.8 Å². The Morgan fingerprint density at radius 1 is 1.00 bits per heavy atom. The second kappa shape index (κ2) is 8.14. The lowest BCUT2D eigenvalue weighted by Crippen LogP contribution is -2.35. The summed E-state index contributed by atoms with van der Waals surface area (Å²) in [6, 6.07) is 13.8. The first-order valence-corrected chi connectivity index (χ1v) is 10.7. The van der Waals surface area contributed by atoms with E-state index in [4.69, 9.17) is 0 Å². The lowest BCUT2D eigenvalue weighted by atomic mass is 10.2. The van der Waals surface area contributed by atoms with E-state index < -0.39 is 10.0 Å². The van der Waals surface area contributed by atoms with Crippen LogP contribution in [0, 0.1) is 0 Å². The summed E-state index contributed by atoms with van der Waals surface area (Å²) in [6.07, 6.45) is 5.47. The minimum Gasteiger partial charge on any atom is -0.249 e. The summed E-state index contributed by atoms with van der Waals surface area (Å²) in [6.45, 7) is 1.24. The van der Waals surface area contributed by atoms with Crippen LogP contribution in [-0.4, -0.2) is 36.5 Å². The van der Waals surface area contributed by atoms with Gasteiger partial charge in [-0.1, -0.05) is 36.8 Å². The van der Waals surface area contributed by atoms with Crippen LogP contribution in [0.15, 0.2) is 58.6 Å². The van der Waals surface area contributed by atoms with Crippen LogP contribution in [0.4, 0.5) is 0 Å². The van der Waals surface area contributed by atoms with Crippen molar-refractivity contribution in [2.75, 3.05) is 18.8 Å². The zero-order valence-electron chi connectivity index (χ0n) is 13.6. The van der Waals surface area contributed by atoms with E-state index in [0.717, 1.165) is 36.5 Å². The number of thioether (sulfide) groups is 1. The van der Waals surface area contributed by atoms with Crippen molar-refractivity contribution in [2.24, 2.45) is 0 Å². The third-order valence-corrected chi connectivity index (χ3v) is 6.97. The monoisotopic (exact) mass is 362 g/mol. The normalized spacial score (nSPS) is 16.2. The van der Waals surface area contributed by atoms with Crippen LogP contribution in [-0.2, 0) is 16.4 Å². The first-order valence-electron chi connectivity index (χ1n) is 8.29. The van der Waals surface area contributed by atoms with Crippen molar-refractivity contribution < 1.29 is 8.42 Å². The van der Waals surface area contributed by atoms with E-state index in [1.54, 1.807) is 22.1 Å².